The average molecular weight is 703 g/mol. The van der Waals surface area contributed by atoms with Gasteiger partial charge in [-0.15, -0.1) is 0 Å². The molecule has 0 fully saturated rings. The maximum atomic E-state index is 12.2. The lowest BCUT2D eigenvalue weighted by Crippen LogP contribution is -2.28. The first-order valence-corrected chi connectivity index (χ1v) is 21.5. The Morgan fingerprint density at radius 3 is 1.24 bits per heavy atom. The molecule has 0 saturated carbocycles. The second-order valence-corrected chi connectivity index (χ2v) is 14.4. The number of esters is 2. The summed E-state index contributed by atoms with van der Waals surface area (Å²) in [5.74, 6) is -0.608. The van der Waals surface area contributed by atoms with E-state index in [1.165, 1.54) is 128 Å². The molecule has 0 heterocycles. The van der Waals surface area contributed by atoms with Gasteiger partial charge in [0.2, 0.25) is 0 Å². The van der Waals surface area contributed by atoms with Crippen LogP contribution < -0.4 is 0 Å². The van der Waals surface area contributed by atoms with E-state index >= 15 is 0 Å². The van der Waals surface area contributed by atoms with Crippen LogP contribution in [0.1, 0.15) is 219 Å². The molecule has 5 heteroatoms. The number of unbranched alkanes of at least 4 members (excludes halogenated alkanes) is 25. The Bertz CT molecular complexity index is 801. The van der Waals surface area contributed by atoms with Crippen LogP contribution in [0.5, 0.6) is 0 Å². The maximum Gasteiger partial charge on any atom is 0.306 e. The number of ether oxygens (including phenoxy) is 2. The summed E-state index contributed by atoms with van der Waals surface area (Å²) in [4.78, 5) is 24.3. The zero-order valence-corrected chi connectivity index (χ0v) is 33.2. The summed E-state index contributed by atoms with van der Waals surface area (Å²) in [6.45, 7) is 4.11. The minimum Gasteiger partial charge on any atom is -0.462 e. The van der Waals surface area contributed by atoms with E-state index in [1.54, 1.807) is 0 Å². The predicted octanol–water partition coefficient (Wildman–Crippen LogP) is 13.6. The lowest BCUT2D eigenvalue weighted by molar-refractivity contribution is -0.161. The summed E-state index contributed by atoms with van der Waals surface area (Å²) in [5.41, 5.74) is 0. The maximum absolute atomic E-state index is 12.2. The molecular formula is C45H82O5. The third-order valence-electron chi connectivity index (χ3n) is 9.44. The summed E-state index contributed by atoms with van der Waals surface area (Å²) in [6.07, 6.45) is 50.7. The standard InChI is InChI=1S/C45H82O5/c1-3-5-7-9-11-13-15-17-19-21-22-24-26-28-30-32-34-36-38-40-45(48)50-43(41-46)42-49-44(47)39-37-35-33-31-29-27-25-23-20-18-16-14-12-10-8-6-4-2/h12,14,18,20,25,27,43,46H,3-11,13,15-17,19,21-24,26,28-42H2,1-2H3/b14-12-,20-18-,27-25-/t43-/m0/s1. The van der Waals surface area contributed by atoms with Gasteiger partial charge in [0, 0.05) is 12.8 Å². The third kappa shape index (κ3) is 38.9. The first kappa shape index (κ1) is 48.1. The van der Waals surface area contributed by atoms with Gasteiger partial charge in [-0.3, -0.25) is 9.59 Å². The Labute approximate surface area is 310 Å². The van der Waals surface area contributed by atoms with Gasteiger partial charge in [-0.05, 0) is 51.4 Å². The fourth-order valence-corrected chi connectivity index (χ4v) is 6.15. The van der Waals surface area contributed by atoms with Crippen molar-refractivity contribution >= 4 is 11.9 Å². The molecule has 0 aliphatic carbocycles. The molecule has 0 aromatic heterocycles. The Kier molecular flexibility index (Phi) is 40.0. The van der Waals surface area contributed by atoms with Gasteiger partial charge in [-0.1, -0.05) is 192 Å². The SMILES string of the molecule is CCCCC/C=C\C/C=C\C/C=C\CCCCCCC(=O)OC[C@H](CO)OC(=O)CCCCCCCCCCCCCCCCCCCCC. The van der Waals surface area contributed by atoms with Gasteiger partial charge in [-0.2, -0.15) is 0 Å². The van der Waals surface area contributed by atoms with E-state index in [4.69, 9.17) is 9.47 Å². The largest absolute Gasteiger partial charge is 0.462 e. The lowest BCUT2D eigenvalue weighted by atomic mass is 10.0. The first-order chi connectivity index (χ1) is 24.6. The van der Waals surface area contributed by atoms with Gasteiger partial charge in [0.25, 0.3) is 0 Å². The van der Waals surface area contributed by atoms with Crippen LogP contribution in [0.25, 0.3) is 0 Å². The van der Waals surface area contributed by atoms with Crippen molar-refractivity contribution in [1.29, 1.82) is 0 Å². The van der Waals surface area contributed by atoms with Gasteiger partial charge < -0.3 is 14.6 Å². The molecule has 0 bridgehead atoms. The molecule has 0 aromatic carbocycles. The topological polar surface area (TPSA) is 72.8 Å². The summed E-state index contributed by atoms with van der Waals surface area (Å²) >= 11 is 0. The van der Waals surface area contributed by atoms with Crippen LogP contribution in [0, 0.1) is 0 Å². The Hall–Kier alpha value is -1.88. The van der Waals surface area contributed by atoms with Crippen LogP contribution in [0.4, 0.5) is 0 Å². The van der Waals surface area contributed by atoms with Crippen LogP contribution in [-0.4, -0.2) is 36.4 Å². The normalized spacial score (nSPS) is 12.5. The van der Waals surface area contributed by atoms with Gasteiger partial charge in [0.05, 0.1) is 6.61 Å². The second-order valence-electron chi connectivity index (χ2n) is 14.4. The number of rotatable bonds is 39. The molecule has 0 saturated heterocycles. The summed E-state index contributed by atoms with van der Waals surface area (Å²) in [5, 5.41) is 9.57. The molecule has 5 nitrogen and oxygen atoms in total. The Morgan fingerprint density at radius 1 is 0.460 bits per heavy atom. The Morgan fingerprint density at radius 2 is 0.800 bits per heavy atom. The zero-order valence-electron chi connectivity index (χ0n) is 33.2. The molecule has 0 unspecified atom stereocenters. The number of allylic oxidation sites excluding steroid dienone is 6. The molecule has 0 amide bonds. The number of hydrogen-bond acceptors (Lipinski definition) is 5. The second kappa shape index (κ2) is 41.5. The molecule has 292 valence electrons. The van der Waals surface area contributed by atoms with Crippen molar-refractivity contribution in [2.24, 2.45) is 0 Å². The lowest BCUT2D eigenvalue weighted by Gasteiger charge is -2.15. The van der Waals surface area contributed by atoms with Crippen LogP contribution >= 0.6 is 0 Å². The number of carbonyl (C=O) groups excluding carboxylic acids is 2. The minimum absolute atomic E-state index is 0.0746. The van der Waals surface area contributed by atoms with Crippen LogP contribution in [-0.2, 0) is 19.1 Å². The van der Waals surface area contributed by atoms with Gasteiger partial charge in [0.1, 0.15) is 6.61 Å². The monoisotopic (exact) mass is 703 g/mol. The number of carbonyl (C=O) groups is 2. The molecule has 50 heavy (non-hydrogen) atoms. The van der Waals surface area contributed by atoms with E-state index in [0.29, 0.717) is 12.8 Å². The van der Waals surface area contributed by atoms with Crippen molar-refractivity contribution in [2.75, 3.05) is 13.2 Å². The van der Waals surface area contributed by atoms with Gasteiger partial charge >= 0.3 is 11.9 Å². The fourth-order valence-electron chi connectivity index (χ4n) is 6.15. The van der Waals surface area contributed by atoms with Crippen molar-refractivity contribution in [2.45, 2.75) is 225 Å². The fraction of sp³-hybridized carbons (Fsp3) is 0.822. The van der Waals surface area contributed by atoms with Crippen molar-refractivity contribution < 1.29 is 24.2 Å². The van der Waals surface area contributed by atoms with Crippen LogP contribution in [0.3, 0.4) is 0 Å². The quantitative estimate of drug-likeness (QED) is 0.0392. The minimum atomic E-state index is -0.777. The molecule has 1 N–H and O–H groups in total. The van der Waals surface area contributed by atoms with Crippen molar-refractivity contribution in [1.82, 2.24) is 0 Å². The van der Waals surface area contributed by atoms with Gasteiger partial charge in [-0.25, -0.2) is 0 Å². The first-order valence-electron chi connectivity index (χ1n) is 21.5. The highest BCUT2D eigenvalue weighted by Crippen LogP contribution is 2.15. The van der Waals surface area contributed by atoms with E-state index in [-0.39, 0.29) is 25.2 Å². The molecule has 0 aliphatic rings. The van der Waals surface area contributed by atoms with E-state index in [1.807, 2.05) is 0 Å². The molecule has 0 spiro atoms. The van der Waals surface area contributed by atoms with Crippen LogP contribution in [0.15, 0.2) is 36.5 Å². The van der Waals surface area contributed by atoms with E-state index < -0.39 is 6.10 Å². The predicted molar refractivity (Wildman–Crippen MR) is 214 cm³/mol. The average Bonchev–Trinajstić information content (AvgIpc) is 3.12. The highest BCUT2D eigenvalue weighted by molar-refractivity contribution is 5.70. The number of aliphatic hydroxyl groups is 1. The van der Waals surface area contributed by atoms with Gasteiger partial charge in [0.15, 0.2) is 6.10 Å². The highest BCUT2D eigenvalue weighted by atomic mass is 16.6. The number of hydrogen-bond donors (Lipinski definition) is 1. The molecular weight excluding hydrogens is 620 g/mol. The third-order valence-corrected chi connectivity index (χ3v) is 9.44. The molecule has 0 aliphatic heterocycles. The zero-order chi connectivity index (χ0) is 36.4. The smallest absolute Gasteiger partial charge is 0.306 e. The Balaban J connectivity index is 3.55. The van der Waals surface area contributed by atoms with E-state index in [2.05, 4.69) is 50.3 Å². The summed E-state index contributed by atoms with van der Waals surface area (Å²) in [6, 6.07) is 0. The van der Waals surface area contributed by atoms with E-state index in [0.717, 1.165) is 64.2 Å². The summed E-state index contributed by atoms with van der Waals surface area (Å²) < 4.78 is 10.6. The molecule has 0 aromatic rings. The van der Waals surface area contributed by atoms with E-state index in [9.17, 15) is 14.7 Å². The van der Waals surface area contributed by atoms with Crippen molar-refractivity contribution in [3.63, 3.8) is 0 Å². The molecule has 0 rings (SSSR count). The molecule has 1 atom stereocenters. The number of aliphatic hydroxyl groups excluding tert-OH is 1. The highest BCUT2D eigenvalue weighted by Gasteiger charge is 2.16. The van der Waals surface area contributed by atoms with Crippen molar-refractivity contribution in [3.8, 4) is 0 Å². The van der Waals surface area contributed by atoms with Crippen LogP contribution in [0.2, 0.25) is 0 Å². The summed E-state index contributed by atoms with van der Waals surface area (Å²) in [7, 11) is 0. The molecule has 0 radical (unpaired) electrons. The van der Waals surface area contributed by atoms with Crippen molar-refractivity contribution in [3.05, 3.63) is 36.5 Å².